The van der Waals surface area contributed by atoms with E-state index >= 15 is 0 Å². The molecule has 142 valence electrons. The summed E-state index contributed by atoms with van der Waals surface area (Å²) in [5.41, 5.74) is 0.660. The van der Waals surface area contributed by atoms with Gasteiger partial charge in [-0.15, -0.1) is 11.3 Å². The predicted molar refractivity (Wildman–Crippen MR) is 104 cm³/mol. The Hall–Kier alpha value is -3.60. The van der Waals surface area contributed by atoms with Gasteiger partial charge in [-0.1, -0.05) is 6.07 Å². The number of anilines is 1. The average Bonchev–Trinajstić information content (AvgIpc) is 3.31. The molecule has 11 heteroatoms. The molecule has 0 aromatic carbocycles. The third-order valence-electron chi connectivity index (χ3n) is 4.18. The molecule has 0 radical (unpaired) electrons. The van der Waals surface area contributed by atoms with Gasteiger partial charge in [0.1, 0.15) is 12.2 Å². The lowest BCUT2D eigenvalue weighted by molar-refractivity contribution is -0.116. The van der Waals surface area contributed by atoms with Gasteiger partial charge in [0.15, 0.2) is 16.3 Å². The number of pyridine rings is 1. The van der Waals surface area contributed by atoms with Gasteiger partial charge in [-0.3, -0.25) is 19.1 Å². The molecule has 0 unspecified atom stereocenters. The summed E-state index contributed by atoms with van der Waals surface area (Å²) in [6, 6.07) is 5.46. The number of thiazole rings is 1. The van der Waals surface area contributed by atoms with Crippen molar-refractivity contribution >= 4 is 33.5 Å². The molecule has 1 amide bonds. The highest BCUT2D eigenvalue weighted by atomic mass is 32.1. The summed E-state index contributed by atoms with van der Waals surface area (Å²) in [7, 11) is 3.16. The molecular weight excluding hydrogens is 382 g/mol. The van der Waals surface area contributed by atoms with E-state index in [2.05, 4.69) is 20.3 Å². The summed E-state index contributed by atoms with van der Waals surface area (Å²) in [5, 5.41) is 4.75. The van der Waals surface area contributed by atoms with E-state index < -0.39 is 23.7 Å². The summed E-state index contributed by atoms with van der Waals surface area (Å²) in [6.07, 6.45) is 3.11. The van der Waals surface area contributed by atoms with Gasteiger partial charge in [0.25, 0.3) is 5.56 Å². The minimum absolute atomic E-state index is 0.251. The van der Waals surface area contributed by atoms with Crippen molar-refractivity contribution in [2.75, 3.05) is 5.32 Å². The zero-order valence-corrected chi connectivity index (χ0v) is 15.8. The van der Waals surface area contributed by atoms with E-state index in [1.54, 1.807) is 24.7 Å². The normalized spacial score (nSPS) is 11.1. The number of hydrogen-bond donors (Lipinski definition) is 1. The highest BCUT2D eigenvalue weighted by Gasteiger charge is 2.17. The molecule has 10 nitrogen and oxygen atoms in total. The molecule has 0 spiro atoms. The van der Waals surface area contributed by atoms with Crippen LogP contribution >= 0.6 is 11.3 Å². The fourth-order valence-corrected chi connectivity index (χ4v) is 3.52. The number of aryl methyl sites for hydroxylation is 2. The number of amides is 1. The Kier molecular flexibility index (Phi) is 4.35. The van der Waals surface area contributed by atoms with Crippen LogP contribution in [0.5, 0.6) is 0 Å². The molecule has 0 aliphatic rings. The van der Waals surface area contributed by atoms with Crippen LogP contribution in [0.3, 0.4) is 0 Å². The Bertz CT molecular complexity index is 1300. The average molecular weight is 397 g/mol. The second kappa shape index (κ2) is 6.85. The first-order chi connectivity index (χ1) is 13.5. The molecule has 4 heterocycles. The third-order valence-corrected chi connectivity index (χ3v) is 4.94. The van der Waals surface area contributed by atoms with Crippen molar-refractivity contribution in [2.45, 2.75) is 6.54 Å². The predicted octanol–water partition coefficient (Wildman–Crippen LogP) is 0.591. The first kappa shape index (κ1) is 17.8. The maximum Gasteiger partial charge on any atom is 0.332 e. The van der Waals surface area contributed by atoms with Crippen LogP contribution in [0.15, 0.2) is 45.7 Å². The van der Waals surface area contributed by atoms with Crippen LogP contribution in [0.1, 0.15) is 0 Å². The lowest BCUT2D eigenvalue weighted by Crippen LogP contribution is -2.42. The van der Waals surface area contributed by atoms with E-state index in [-0.39, 0.29) is 11.2 Å². The minimum Gasteiger partial charge on any atom is -0.328 e. The van der Waals surface area contributed by atoms with Crippen LogP contribution in [-0.2, 0) is 25.4 Å². The van der Waals surface area contributed by atoms with Crippen molar-refractivity contribution in [3.63, 3.8) is 0 Å². The smallest absolute Gasteiger partial charge is 0.328 e. The van der Waals surface area contributed by atoms with Gasteiger partial charge in [-0.2, -0.15) is 0 Å². The number of hydrogen-bond acceptors (Lipinski definition) is 7. The summed E-state index contributed by atoms with van der Waals surface area (Å²) in [4.78, 5) is 50.1. The Labute approximate surface area is 161 Å². The maximum absolute atomic E-state index is 12.6. The van der Waals surface area contributed by atoms with Gasteiger partial charge < -0.3 is 9.88 Å². The van der Waals surface area contributed by atoms with E-state index in [9.17, 15) is 14.4 Å². The number of imidazole rings is 1. The second-order valence-electron chi connectivity index (χ2n) is 6.06. The SMILES string of the molecule is Cn1cnc2c1c(=O)n(CC(=O)Nc1nc(-c3ccccn3)cs1)c(=O)n2C. The third kappa shape index (κ3) is 3.01. The summed E-state index contributed by atoms with van der Waals surface area (Å²) in [5.74, 6) is -0.525. The summed E-state index contributed by atoms with van der Waals surface area (Å²) >= 11 is 1.23. The van der Waals surface area contributed by atoms with Crippen molar-refractivity contribution in [2.24, 2.45) is 14.1 Å². The zero-order valence-electron chi connectivity index (χ0n) is 15.0. The molecule has 4 aromatic rings. The van der Waals surface area contributed by atoms with E-state index in [1.807, 2.05) is 12.1 Å². The number of carbonyl (C=O) groups excluding carboxylic acids is 1. The van der Waals surface area contributed by atoms with Gasteiger partial charge in [-0.05, 0) is 12.1 Å². The van der Waals surface area contributed by atoms with Crippen LogP contribution in [0.4, 0.5) is 5.13 Å². The Morgan fingerprint density at radius 1 is 1.18 bits per heavy atom. The number of nitrogens with zero attached hydrogens (tertiary/aromatic N) is 6. The number of carbonyl (C=O) groups is 1. The van der Waals surface area contributed by atoms with E-state index in [0.29, 0.717) is 16.5 Å². The Balaban J connectivity index is 1.60. The van der Waals surface area contributed by atoms with Gasteiger partial charge in [0.2, 0.25) is 5.91 Å². The molecule has 28 heavy (non-hydrogen) atoms. The van der Waals surface area contributed by atoms with Crippen molar-refractivity contribution in [1.82, 2.24) is 28.7 Å². The first-order valence-electron chi connectivity index (χ1n) is 8.23. The largest absolute Gasteiger partial charge is 0.332 e. The van der Waals surface area contributed by atoms with Gasteiger partial charge in [0, 0.05) is 25.7 Å². The molecule has 4 aromatic heterocycles. The zero-order chi connectivity index (χ0) is 19.8. The number of rotatable bonds is 4. The maximum atomic E-state index is 12.6. The summed E-state index contributed by atoms with van der Waals surface area (Å²) in [6.45, 7) is -0.425. The van der Waals surface area contributed by atoms with Crippen LogP contribution in [0.2, 0.25) is 0 Å². The monoisotopic (exact) mass is 397 g/mol. The number of aromatic nitrogens is 6. The number of fused-ring (bicyclic) bond motifs is 1. The topological polar surface area (TPSA) is 117 Å². The van der Waals surface area contributed by atoms with Crippen molar-refractivity contribution in [3.8, 4) is 11.4 Å². The van der Waals surface area contributed by atoms with Crippen LogP contribution in [0.25, 0.3) is 22.6 Å². The van der Waals surface area contributed by atoms with E-state index in [4.69, 9.17) is 0 Å². The van der Waals surface area contributed by atoms with E-state index in [1.165, 1.54) is 33.8 Å². The lowest BCUT2D eigenvalue weighted by Gasteiger charge is -2.08. The van der Waals surface area contributed by atoms with Crippen LogP contribution in [0, 0.1) is 0 Å². The van der Waals surface area contributed by atoms with Crippen molar-refractivity contribution in [3.05, 3.63) is 56.9 Å². The lowest BCUT2D eigenvalue weighted by atomic mass is 10.3. The molecule has 0 saturated carbocycles. The Morgan fingerprint density at radius 3 is 2.75 bits per heavy atom. The van der Waals surface area contributed by atoms with E-state index in [0.717, 1.165) is 4.57 Å². The van der Waals surface area contributed by atoms with Crippen LogP contribution in [-0.4, -0.2) is 34.6 Å². The second-order valence-corrected chi connectivity index (χ2v) is 6.92. The molecule has 0 saturated heterocycles. The quantitative estimate of drug-likeness (QED) is 0.539. The molecule has 0 aliphatic carbocycles. The fraction of sp³-hybridized carbons (Fsp3) is 0.176. The van der Waals surface area contributed by atoms with Gasteiger partial charge in [-0.25, -0.2) is 19.3 Å². The molecule has 0 aliphatic heterocycles. The molecule has 4 rings (SSSR count). The standard InChI is InChI=1S/C17H15N7O3S/c1-22-9-19-14-13(22)15(26)24(17(27)23(14)2)7-12(25)21-16-20-11(8-28-16)10-5-3-4-6-18-10/h3-6,8-9H,7H2,1-2H3,(H,20,21,25). The molecular formula is C17H15N7O3S. The van der Waals surface area contributed by atoms with Crippen molar-refractivity contribution < 1.29 is 4.79 Å². The molecule has 1 N–H and O–H groups in total. The summed E-state index contributed by atoms with van der Waals surface area (Å²) < 4.78 is 3.64. The van der Waals surface area contributed by atoms with Crippen molar-refractivity contribution in [1.29, 1.82) is 0 Å². The van der Waals surface area contributed by atoms with Crippen LogP contribution < -0.4 is 16.6 Å². The molecule has 0 bridgehead atoms. The van der Waals surface area contributed by atoms with Gasteiger partial charge >= 0.3 is 5.69 Å². The fourth-order valence-electron chi connectivity index (χ4n) is 2.80. The highest BCUT2D eigenvalue weighted by Crippen LogP contribution is 2.22. The first-order valence-corrected chi connectivity index (χ1v) is 9.11. The minimum atomic E-state index is -0.611. The number of nitrogens with one attached hydrogen (secondary N) is 1. The highest BCUT2D eigenvalue weighted by molar-refractivity contribution is 7.14. The van der Waals surface area contributed by atoms with Gasteiger partial charge in [0.05, 0.1) is 12.0 Å². The molecule has 0 fully saturated rings. The molecule has 0 atom stereocenters. The Morgan fingerprint density at radius 2 is 2.00 bits per heavy atom.